The molecule has 1 heterocycles. The van der Waals surface area contributed by atoms with Crippen LogP contribution in [0.5, 0.6) is 0 Å². The van der Waals surface area contributed by atoms with Gasteiger partial charge in [0.2, 0.25) is 5.91 Å². The number of imidazole rings is 1. The number of carbonyl (C=O) groups excluding carboxylic acids is 1. The molecule has 0 unspecified atom stereocenters. The largest absolute Gasteiger partial charge is 0.356 e. The summed E-state index contributed by atoms with van der Waals surface area (Å²) in [6.07, 6.45) is 3.88. The standard InChI is InChI=1S/C24H30FN3O/c1-24(2,3)23(29)26-16-8-4-5-11-22-27-20-9-6-7-10-21(20)28(22)17-18-12-14-19(25)15-13-18/h6-7,9-10,12-15H,4-5,8,11,16-17H2,1-3H3,(H,26,29). The Bertz CT molecular complexity index is 954. The second-order valence-electron chi connectivity index (χ2n) is 8.55. The SMILES string of the molecule is CC(C)(C)C(=O)NCCCCCc1nc2ccccc2n1Cc1ccc(F)cc1. The van der Waals surface area contributed by atoms with E-state index in [2.05, 4.69) is 16.0 Å². The first kappa shape index (κ1) is 21.0. The maximum absolute atomic E-state index is 13.2. The number of hydrogen-bond donors (Lipinski definition) is 1. The summed E-state index contributed by atoms with van der Waals surface area (Å²) in [6, 6.07) is 14.8. The zero-order valence-corrected chi connectivity index (χ0v) is 17.5. The first-order valence-corrected chi connectivity index (χ1v) is 10.3. The lowest BCUT2D eigenvalue weighted by molar-refractivity contribution is -0.128. The van der Waals surface area contributed by atoms with Crippen LogP contribution in [-0.2, 0) is 17.8 Å². The van der Waals surface area contributed by atoms with E-state index in [1.165, 1.54) is 12.1 Å². The Balaban J connectivity index is 1.60. The van der Waals surface area contributed by atoms with E-state index in [1.54, 1.807) is 0 Å². The molecule has 0 aliphatic rings. The smallest absolute Gasteiger partial charge is 0.225 e. The van der Waals surface area contributed by atoms with Crippen LogP contribution < -0.4 is 5.32 Å². The quantitative estimate of drug-likeness (QED) is 0.540. The lowest BCUT2D eigenvalue weighted by Crippen LogP contribution is -2.35. The normalized spacial score (nSPS) is 11.7. The van der Waals surface area contributed by atoms with E-state index in [1.807, 2.05) is 51.1 Å². The summed E-state index contributed by atoms with van der Waals surface area (Å²) in [6.45, 7) is 7.16. The van der Waals surface area contributed by atoms with E-state index in [9.17, 15) is 9.18 Å². The number of nitrogens with zero attached hydrogens (tertiary/aromatic N) is 2. The van der Waals surface area contributed by atoms with Gasteiger partial charge in [-0.3, -0.25) is 4.79 Å². The molecule has 2 aromatic carbocycles. The van der Waals surface area contributed by atoms with Gasteiger partial charge in [0, 0.05) is 24.9 Å². The predicted octanol–water partition coefficient (Wildman–Crippen LogP) is 5.10. The Morgan fingerprint density at radius 3 is 2.48 bits per heavy atom. The van der Waals surface area contributed by atoms with Crippen molar-refractivity contribution in [3.63, 3.8) is 0 Å². The zero-order valence-electron chi connectivity index (χ0n) is 17.5. The number of hydrogen-bond acceptors (Lipinski definition) is 2. The maximum atomic E-state index is 13.2. The van der Waals surface area contributed by atoms with E-state index in [0.29, 0.717) is 13.1 Å². The number of fused-ring (bicyclic) bond motifs is 1. The molecule has 1 amide bonds. The molecule has 4 nitrogen and oxygen atoms in total. The van der Waals surface area contributed by atoms with Gasteiger partial charge in [-0.25, -0.2) is 9.37 Å². The molecule has 154 valence electrons. The second kappa shape index (κ2) is 9.21. The number of nitrogens with one attached hydrogen (secondary N) is 1. The summed E-state index contributed by atoms with van der Waals surface area (Å²) in [5.41, 5.74) is 2.80. The fourth-order valence-electron chi connectivity index (χ4n) is 3.32. The van der Waals surface area contributed by atoms with E-state index in [0.717, 1.165) is 48.1 Å². The molecule has 0 atom stereocenters. The van der Waals surface area contributed by atoms with Gasteiger partial charge < -0.3 is 9.88 Å². The molecule has 0 saturated carbocycles. The summed E-state index contributed by atoms with van der Waals surface area (Å²) >= 11 is 0. The fourth-order valence-corrected chi connectivity index (χ4v) is 3.32. The summed E-state index contributed by atoms with van der Waals surface area (Å²) in [5, 5.41) is 3.00. The first-order chi connectivity index (χ1) is 13.8. The number of unbranched alkanes of at least 4 members (excludes halogenated alkanes) is 2. The topological polar surface area (TPSA) is 46.9 Å². The van der Waals surface area contributed by atoms with Crippen molar-refractivity contribution < 1.29 is 9.18 Å². The van der Waals surface area contributed by atoms with Gasteiger partial charge in [0.1, 0.15) is 11.6 Å². The molecule has 3 rings (SSSR count). The number of aromatic nitrogens is 2. The van der Waals surface area contributed by atoms with Gasteiger partial charge in [-0.05, 0) is 42.7 Å². The second-order valence-corrected chi connectivity index (χ2v) is 8.55. The van der Waals surface area contributed by atoms with E-state index in [-0.39, 0.29) is 17.1 Å². The van der Waals surface area contributed by atoms with Crippen LogP contribution in [0.3, 0.4) is 0 Å². The summed E-state index contributed by atoms with van der Waals surface area (Å²) in [5.74, 6) is 0.927. The fraction of sp³-hybridized carbons (Fsp3) is 0.417. The highest BCUT2D eigenvalue weighted by molar-refractivity contribution is 5.81. The molecule has 1 aromatic heterocycles. The third-order valence-electron chi connectivity index (χ3n) is 5.03. The Morgan fingerprint density at radius 2 is 1.76 bits per heavy atom. The average Bonchev–Trinajstić information content (AvgIpc) is 3.03. The Hall–Kier alpha value is -2.69. The van der Waals surface area contributed by atoms with Gasteiger partial charge in [-0.1, -0.05) is 51.5 Å². The van der Waals surface area contributed by atoms with E-state index < -0.39 is 0 Å². The van der Waals surface area contributed by atoms with Crippen LogP contribution in [0, 0.1) is 11.2 Å². The minimum absolute atomic E-state index is 0.0959. The van der Waals surface area contributed by atoms with Gasteiger partial charge in [-0.15, -0.1) is 0 Å². The number of aryl methyl sites for hydroxylation is 1. The average molecular weight is 396 g/mol. The third-order valence-corrected chi connectivity index (χ3v) is 5.03. The monoisotopic (exact) mass is 395 g/mol. The Morgan fingerprint density at radius 1 is 1.03 bits per heavy atom. The molecule has 0 radical (unpaired) electrons. The van der Waals surface area contributed by atoms with Crippen molar-refractivity contribution in [1.29, 1.82) is 0 Å². The number of amides is 1. The van der Waals surface area contributed by atoms with Gasteiger partial charge in [0.25, 0.3) is 0 Å². The number of carbonyl (C=O) groups is 1. The van der Waals surface area contributed by atoms with Crippen molar-refractivity contribution in [3.8, 4) is 0 Å². The summed E-state index contributed by atoms with van der Waals surface area (Å²) in [7, 11) is 0. The molecular formula is C24H30FN3O. The van der Waals surface area contributed by atoms with E-state index in [4.69, 9.17) is 4.98 Å². The highest BCUT2D eigenvalue weighted by Crippen LogP contribution is 2.20. The van der Waals surface area contributed by atoms with Crippen LogP contribution in [0.2, 0.25) is 0 Å². The van der Waals surface area contributed by atoms with Crippen molar-refractivity contribution in [2.24, 2.45) is 5.41 Å². The minimum atomic E-state index is -0.342. The zero-order chi connectivity index (χ0) is 20.9. The highest BCUT2D eigenvalue weighted by Gasteiger charge is 2.20. The molecule has 0 fully saturated rings. The van der Waals surface area contributed by atoms with Gasteiger partial charge in [0.05, 0.1) is 11.0 Å². The van der Waals surface area contributed by atoms with Gasteiger partial charge in [0.15, 0.2) is 0 Å². The molecule has 5 heteroatoms. The molecule has 0 spiro atoms. The first-order valence-electron chi connectivity index (χ1n) is 10.3. The van der Waals surface area contributed by atoms with Crippen molar-refractivity contribution >= 4 is 16.9 Å². The number of rotatable bonds is 8. The van der Waals surface area contributed by atoms with Crippen LogP contribution in [-0.4, -0.2) is 22.0 Å². The molecule has 0 aliphatic heterocycles. The molecule has 0 aliphatic carbocycles. The van der Waals surface area contributed by atoms with Crippen molar-refractivity contribution in [2.75, 3.05) is 6.54 Å². The summed E-state index contributed by atoms with van der Waals surface area (Å²) < 4.78 is 15.5. The van der Waals surface area contributed by atoms with Crippen molar-refractivity contribution in [2.45, 2.75) is 53.0 Å². The number of benzene rings is 2. The highest BCUT2D eigenvalue weighted by atomic mass is 19.1. The van der Waals surface area contributed by atoms with Gasteiger partial charge in [-0.2, -0.15) is 0 Å². The van der Waals surface area contributed by atoms with Crippen LogP contribution >= 0.6 is 0 Å². The predicted molar refractivity (Wildman–Crippen MR) is 115 cm³/mol. The third kappa shape index (κ3) is 5.66. The molecule has 0 bridgehead atoms. The molecule has 0 saturated heterocycles. The van der Waals surface area contributed by atoms with Crippen LogP contribution in [0.15, 0.2) is 48.5 Å². The van der Waals surface area contributed by atoms with Gasteiger partial charge >= 0.3 is 0 Å². The van der Waals surface area contributed by atoms with Crippen LogP contribution in [0.4, 0.5) is 4.39 Å². The Kier molecular flexibility index (Phi) is 6.68. The molecular weight excluding hydrogens is 365 g/mol. The number of halogens is 1. The molecule has 3 aromatic rings. The lowest BCUT2D eigenvalue weighted by Gasteiger charge is -2.17. The van der Waals surface area contributed by atoms with E-state index >= 15 is 0 Å². The van der Waals surface area contributed by atoms with Crippen molar-refractivity contribution in [1.82, 2.24) is 14.9 Å². The van der Waals surface area contributed by atoms with Crippen molar-refractivity contribution in [3.05, 3.63) is 65.7 Å². The maximum Gasteiger partial charge on any atom is 0.225 e. The Labute approximate surface area is 172 Å². The molecule has 1 N–H and O–H groups in total. The van der Waals surface area contributed by atoms with Crippen LogP contribution in [0.25, 0.3) is 11.0 Å². The lowest BCUT2D eigenvalue weighted by atomic mass is 9.96. The number of para-hydroxylation sites is 2. The molecule has 29 heavy (non-hydrogen) atoms. The summed E-state index contributed by atoms with van der Waals surface area (Å²) in [4.78, 5) is 16.7. The minimum Gasteiger partial charge on any atom is -0.356 e. The van der Waals surface area contributed by atoms with Crippen LogP contribution in [0.1, 0.15) is 51.4 Å².